The van der Waals surface area contributed by atoms with Gasteiger partial charge in [0.1, 0.15) is 6.26 Å². The third-order valence-corrected chi connectivity index (χ3v) is 7.06. The van der Waals surface area contributed by atoms with Crippen molar-refractivity contribution in [2.45, 2.75) is 0 Å². The molecule has 4 heteroatoms. The number of benzene rings is 4. The highest BCUT2D eigenvalue weighted by molar-refractivity contribution is 6.95. The topological polar surface area (TPSA) is 19.6 Å². The van der Waals surface area contributed by atoms with Crippen LogP contribution in [0.2, 0.25) is 0 Å². The minimum absolute atomic E-state index is 0.0923. The van der Waals surface area contributed by atoms with E-state index in [1.165, 1.54) is 50.2 Å². The lowest BCUT2D eigenvalue weighted by molar-refractivity contribution is 0.576. The summed E-state index contributed by atoms with van der Waals surface area (Å²) in [6.07, 6.45) is 1.95. The molecule has 0 bridgehead atoms. The van der Waals surface area contributed by atoms with Gasteiger partial charge in [0.25, 0.3) is 0 Å². The summed E-state index contributed by atoms with van der Waals surface area (Å²) in [5.41, 5.74) is 12.4. The van der Waals surface area contributed by atoms with Crippen LogP contribution in [-0.4, -0.2) is 6.85 Å². The highest BCUT2D eigenvalue weighted by Crippen LogP contribution is 2.51. The summed E-state index contributed by atoms with van der Waals surface area (Å²) in [6.45, 7) is 0.0923. The molecule has 0 unspecified atom stereocenters. The predicted octanol–water partition coefficient (Wildman–Crippen LogP) is 5.97. The van der Waals surface area contributed by atoms with Crippen molar-refractivity contribution >= 4 is 46.4 Å². The van der Waals surface area contributed by atoms with E-state index in [2.05, 4.69) is 107 Å². The van der Waals surface area contributed by atoms with E-state index < -0.39 is 0 Å². The van der Waals surface area contributed by atoms with Gasteiger partial charge < -0.3 is 9.23 Å². The van der Waals surface area contributed by atoms with Crippen LogP contribution < -0.4 is 20.6 Å². The Kier molecular flexibility index (Phi) is 2.96. The molecule has 0 amide bonds. The highest BCUT2D eigenvalue weighted by atomic mass is 16.3. The largest absolute Gasteiger partial charge is 0.448 e. The number of furan rings is 1. The van der Waals surface area contributed by atoms with Crippen molar-refractivity contribution in [1.82, 2.24) is 0 Å². The van der Waals surface area contributed by atoms with Crippen LogP contribution in [0, 0.1) is 0 Å². The smallest absolute Gasteiger partial charge is 0.337 e. The van der Waals surface area contributed by atoms with Gasteiger partial charge in [-0.25, -0.2) is 0 Å². The first kappa shape index (κ1) is 16.5. The average molecular weight is 408 g/mol. The molecule has 0 fully saturated rings. The molecule has 148 valence electrons. The van der Waals surface area contributed by atoms with E-state index >= 15 is 0 Å². The summed E-state index contributed by atoms with van der Waals surface area (Å²) in [5.74, 6) is 0.916. The molecule has 0 saturated carbocycles. The zero-order valence-electron chi connectivity index (χ0n) is 17.2. The highest BCUT2D eigenvalue weighted by Gasteiger charge is 2.50. The Labute approximate surface area is 186 Å². The van der Waals surface area contributed by atoms with Crippen molar-refractivity contribution in [3.63, 3.8) is 0 Å². The fraction of sp³-hybridized carbons (Fsp3) is 0. The molecular weight excluding hydrogens is 391 g/mol. The van der Waals surface area contributed by atoms with Crippen molar-refractivity contribution < 1.29 is 4.42 Å². The number of fused-ring (bicyclic) bond motifs is 6. The number of rotatable bonds is 1. The maximum absolute atomic E-state index is 6.37. The summed E-state index contributed by atoms with van der Waals surface area (Å²) in [7, 11) is 0. The second kappa shape index (κ2) is 5.74. The Morgan fingerprint density at radius 2 is 1.16 bits per heavy atom. The SMILES string of the molecule is c1ccc(N2c3cccc4c3B3c5c(coc52)-c2ccccc2N3c2ccccc2-4)cc1. The number of para-hydroxylation sites is 3. The molecule has 3 nitrogen and oxygen atoms in total. The molecule has 0 saturated heterocycles. The fourth-order valence-corrected chi connectivity index (χ4v) is 5.85. The Balaban J connectivity index is 1.56. The van der Waals surface area contributed by atoms with Gasteiger partial charge in [-0.3, -0.25) is 4.90 Å². The minimum Gasteiger partial charge on any atom is -0.448 e. The summed E-state index contributed by atoms with van der Waals surface area (Å²) in [5, 5.41) is 0. The Morgan fingerprint density at radius 3 is 1.94 bits per heavy atom. The van der Waals surface area contributed by atoms with Crippen LogP contribution in [0.4, 0.5) is 28.6 Å². The van der Waals surface area contributed by atoms with E-state index in [0.29, 0.717) is 0 Å². The lowest BCUT2D eigenvalue weighted by atomic mass is 9.42. The van der Waals surface area contributed by atoms with Gasteiger partial charge in [0.2, 0.25) is 5.88 Å². The van der Waals surface area contributed by atoms with E-state index in [-0.39, 0.29) is 6.85 Å². The third kappa shape index (κ3) is 1.85. The van der Waals surface area contributed by atoms with Crippen LogP contribution in [0.5, 0.6) is 0 Å². The lowest BCUT2D eigenvalue weighted by Gasteiger charge is -2.46. The standard InChI is InChI=1S/C28H17BN2O/c1-2-9-18(10-3-1)30-25-16-8-13-21-19-11-4-6-14-23(19)31-24-15-7-5-12-20(24)22-17-32-28(30)27(22)29(31)26(21)25/h1-17H. The fourth-order valence-electron chi connectivity index (χ4n) is 5.85. The zero-order valence-corrected chi connectivity index (χ0v) is 17.2. The van der Waals surface area contributed by atoms with Gasteiger partial charge in [-0.05, 0) is 41.4 Å². The average Bonchev–Trinajstić information content (AvgIpc) is 3.30. The van der Waals surface area contributed by atoms with E-state index in [1.807, 2.05) is 6.26 Å². The first-order chi connectivity index (χ1) is 15.9. The van der Waals surface area contributed by atoms with Gasteiger partial charge in [-0.2, -0.15) is 0 Å². The normalized spacial score (nSPS) is 14.1. The quantitative estimate of drug-likeness (QED) is 0.319. The van der Waals surface area contributed by atoms with E-state index in [4.69, 9.17) is 4.42 Å². The summed E-state index contributed by atoms with van der Waals surface area (Å²) < 4.78 is 6.37. The summed E-state index contributed by atoms with van der Waals surface area (Å²) in [4.78, 5) is 4.80. The first-order valence-corrected chi connectivity index (χ1v) is 11.0. The number of anilines is 5. The molecule has 4 aromatic carbocycles. The monoisotopic (exact) mass is 408 g/mol. The molecule has 0 atom stereocenters. The van der Waals surface area contributed by atoms with Gasteiger partial charge in [0.05, 0.1) is 0 Å². The molecule has 4 heterocycles. The van der Waals surface area contributed by atoms with Gasteiger partial charge in [0, 0.05) is 44.9 Å². The molecule has 5 aromatic rings. The molecule has 0 radical (unpaired) electrons. The van der Waals surface area contributed by atoms with Crippen molar-refractivity contribution in [3.05, 3.63) is 103 Å². The van der Waals surface area contributed by atoms with Crippen LogP contribution in [0.1, 0.15) is 0 Å². The van der Waals surface area contributed by atoms with Crippen LogP contribution in [-0.2, 0) is 0 Å². The Morgan fingerprint density at radius 1 is 0.531 bits per heavy atom. The molecule has 3 aliphatic heterocycles. The maximum atomic E-state index is 6.37. The van der Waals surface area contributed by atoms with Gasteiger partial charge in [-0.1, -0.05) is 66.7 Å². The minimum atomic E-state index is 0.0923. The van der Waals surface area contributed by atoms with E-state index in [0.717, 1.165) is 11.6 Å². The maximum Gasteiger partial charge on any atom is 0.337 e. The molecule has 0 aliphatic carbocycles. The number of hydrogen-bond acceptors (Lipinski definition) is 3. The number of nitrogens with zero attached hydrogens (tertiary/aromatic N) is 2. The second-order valence-electron chi connectivity index (χ2n) is 8.58. The van der Waals surface area contributed by atoms with Crippen LogP contribution in [0.3, 0.4) is 0 Å². The summed E-state index contributed by atoms with van der Waals surface area (Å²) >= 11 is 0. The molecule has 0 spiro atoms. The van der Waals surface area contributed by atoms with E-state index in [1.54, 1.807) is 0 Å². The molecular formula is C28H17BN2O. The van der Waals surface area contributed by atoms with Crippen LogP contribution in [0.15, 0.2) is 108 Å². The third-order valence-electron chi connectivity index (χ3n) is 7.06. The Bertz CT molecular complexity index is 1560. The van der Waals surface area contributed by atoms with Gasteiger partial charge in [0.15, 0.2) is 0 Å². The predicted molar refractivity (Wildman–Crippen MR) is 131 cm³/mol. The zero-order chi connectivity index (χ0) is 20.8. The molecule has 3 aliphatic rings. The first-order valence-electron chi connectivity index (χ1n) is 11.0. The van der Waals surface area contributed by atoms with Crippen molar-refractivity contribution in [2.24, 2.45) is 0 Å². The van der Waals surface area contributed by atoms with Crippen molar-refractivity contribution in [2.75, 3.05) is 9.71 Å². The van der Waals surface area contributed by atoms with Gasteiger partial charge >= 0.3 is 6.85 Å². The molecule has 1 aromatic heterocycles. The van der Waals surface area contributed by atoms with E-state index in [9.17, 15) is 0 Å². The van der Waals surface area contributed by atoms with Gasteiger partial charge in [-0.15, -0.1) is 0 Å². The number of hydrogen-bond donors (Lipinski definition) is 0. The molecule has 32 heavy (non-hydrogen) atoms. The summed E-state index contributed by atoms with van der Waals surface area (Å²) in [6, 6.07) is 34.7. The Hall–Kier alpha value is -4.18. The molecule has 0 N–H and O–H groups in total. The van der Waals surface area contributed by atoms with Crippen molar-refractivity contribution in [3.8, 4) is 22.3 Å². The second-order valence-corrected chi connectivity index (χ2v) is 8.58. The van der Waals surface area contributed by atoms with Crippen molar-refractivity contribution in [1.29, 1.82) is 0 Å². The van der Waals surface area contributed by atoms with Crippen LogP contribution >= 0.6 is 0 Å². The lowest BCUT2D eigenvalue weighted by Crippen LogP contribution is -2.62. The van der Waals surface area contributed by atoms with Crippen LogP contribution in [0.25, 0.3) is 22.3 Å². The molecule has 8 rings (SSSR count).